The molecule has 5 atom stereocenters. The number of fused-ring (bicyclic) bond motifs is 7. The molecular weight excluding hydrogens is 440 g/mol. The summed E-state index contributed by atoms with van der Waals surface area (Å²) in [5.41, 5.74) is 4.58. The second-order valence-corrected chi connectivity index (χ2v) is 12.5. The molecule has 0 heterocycles. The Labute approximate surface area is 207 Å². The third kappa shape index (κ3) is 2.90. The second kappa shape index (κ2) is 7.18. The van der Waals surface area contributed by atoms with Gasteiger partial charge in [0.15, 0.2) is 5.76 Å². The Kier molecular flexibility index (Phi) is 4.93. The van der Waals surface area contributed by atoms with Crippen LogP contribution in [-0.4, -0.2) is 29.8 Å². The molecule has 0 amide bonds. The van der Waals surface area contributed by atoms with Crippen LogP contribution in [0.5, 0.6) is 0 Å². The fourth-order valence-corrected chi connectivity index (χ4v) is 8.35. The lowest BCUT2D eigenvalue weighted by atomic mass is 9.41. The normalized spacial score (nSPS) is 40.7. The van der Waals surface area contributed by atoms with Gasteiger partial charge in [0.05, 0.1) is 7.11 Å². The Morgan fingerprint density at radius 1 is 1.03 bits per heavy atom. The highest BCUT2D eigenvalue weighted by Crippen LogP contribution is 2.70. The molecule has 1 unspecified atom stereocenters. The monoisotopic (exact) mass is 476 g/mol. The van der Waals surface area contributed by atoms with E-state index in [0.717, 1.165) is 30.4 Å². The van der Waals surface area contributed by atoms with Crippen molar-refractivity contribution in [1.82, 2.24) is 0 Å². The molecule has 0 spiro atoms. The van der Waals surface area contributed by atoms with E-state index in [1.165, 1.54) is 23.8 Å². The van der Waals surface area contributed by atoms with Crippen molar-refractivity contribution in [2.75, 3.05) is 7.11 Å². The average molecular weight is 477 g/mol. The predicted octanol–water partition coefficient (Wildman–Crippen LogP) is 5.89. The maximum atomic E-state index is 13.3. The lowest BCUT2D eigenvalue weighted by Crippen LogP contribution is -2.58. The molecule has 0 aromatic carbocycles. The maximum Gasteiger partial charge on any atom is 0.319 e. The number of ether oxygens (including phenoxy) is 1. The predicted molar refractivity (Wildman–Crippen MR) is 133 cm³/mol. The van der Waals surface area contributed by atoms with E-state index < -0.39 is 11.4 Å². The molecule has 186 valence electrons. The number of methoxy groups -OCH3 is 1. The lowest BCUT2D eigenvalue weighted by molar-refractivity contribution is -0.167. The molecule has 0 radical (unpaired) electrons. The average Bonchev–Trinajstić information content (AvgIpc) is 2.79. The zero-order valence-corrected chi connectivity index (χ0v) is 21.9. The molecule has 0 aromatic rings. The Morgan fingerprint density at radius 3 is 2.37 bits per heavy atom. The van der Waals surface area contributed by atoms with Gasteiger partial charge in [-0.3, -0.25) is 14.4 Å². The van der Waals surface area contributed by atoms with Crippen LogP contribution in [0.3, 0.4) is 0 Å². The molecule has 2 fully saturated rings. The highest BCUT2D eigenvalue weighted by Gasteiger charge is 2.63. The van der Waals surface area contributed by atoms with E-state index in [0.29, 0.717) is 18.4 Å². The fraction of sp³-hybridized carbons (Fsp3) is 0.567. The Morgan fingerprint density at radius 2 is 1.71 bits per heavy atom. The molecule has 5 aliphatic rings. The first-order valence-electron chi connectivity index (χ1n) is 12.6. The summed E-state index contributed by atoms with van der Waals surface area (Å²) in [6, 6.07) is 0. The van der Waals surface area contributed by atoms with Gasteiger partial charge in [-0.05, 0) is 91.6 Å². The van der Waals surface area contributed by atoms with Crippen LogP contribution in [0.4, 0.5) is 0 Å². The minimum atomic E-state index is -1.12. The first-order valence-corrected chi connectivity index (χ1v) is 12.6. The largest absolute Gasteiger partial charge is 0.504 e. The van der Waals surface area contributed by atoms with E-state index in [9.17, 15) is 19.5 Å². The highest BCUT2D eigenvalue weighted by molar-refractivity contribution is 6.07. The second-order valence-electron chi connectivity index (χ2n) is 12.5. The zero-order chi connectivity index (χ0) is 25.7. The number of aliphatic hydroxyl groups is 1. The minimum Gasteiger partial charge on any atom is -0.504 e. The van der Waals surface area contributed by atoms with E-state index >= 15 is 0 Å². The summed E-state index contributed by atoms with van der Waals surface area (Å²) in [7, 11) is 1.36. The van der Waals surface area contributed by atoms with Crippen LogP contribution < -0.4 is 0 Å². The van der Waals surface area contributed by atoms with Crippen molar-refractivity contribution in [3.8, 4) is 0 Å². The zero-order valence-electron chi connectivity index (χ0n) is 21.9. The fourth-order valence-electron chi connectivity index (χ4n) is 8.35. The molecule has 0 aliphatic heterocycles. The topological polar surface area (TPSA) is 80.7 Å². The van der Waals surface area contributed by atoms with Gasteiger partial charge in [0.1, 0.15) is 11.2 Å². The van der Waals surface area contributed by atoms with Crippen molar-refractivity contribution in [3.05, 3.63) is 57.4 Å². The molecule has 5 heteroatoms. The molecular formula is C30H36O5. The van der Waals surface area contributed by atoms with Gasteiger partial charge in [-0.1, -0.05) is 38.5 Å². The van der Waals surface area contributed by atoms with Crippen LogP contribution >= 0.6 is 0 Å². The van der Waals surface area contributed by atoms with Crippen molar-refractivity contribution in [2.24, 2.45) is 27.6 Å². The number of hydrogen-bond acceptors (Lipinski definition) is 5. The Hall–Kier alpha value is -2.69. The van der Waals surface area contributed by atoms with Gasteiger partial charge in [0.25, 0.3) is 0 Å². The molecule has 0 bridgehead atoms. The van der Waals surface area contributed by atoms with Crippen molar-refractivity contribution < 1.29 is 24.2 Å². The molecule has 0 saturated heterocycles. The lowest BCUT2D eigenvalue weighted by Gasteiger charge is -2.62. The third-order valence-corrected chi connectivity index (χ3v) is 10.3. The number of carbonyl (C=O) groups is 3. The van der Waals surface area contributed by atoms with E-state index in [4.69, 9.17) is 4.74 Å². The number of carbonyl (C=O) groups excluding carboxylic acids is 3. The maximum absolute atomic E-state index is 13.3. The number of aliphatic hydroxyl groups excluding tert-OH is 1. The molecule has 0 aromatic heterocycles. The summed E-state index contributed by atoms with van der Waals surface area (Å²) < 4.78 is 5.10. The van der Waals surface area contributed by atoms with Gasteiger partial charge in [-0.25, -0.2) is 0 Å². The summed E-state index contributed by atoms with van der Waals surface area (Å²) in [6.07, 6.45) is 9.29. The van der Waals surface area contributed by atoms with Crippen LogP contribution in [0, 0.1) is 27.6 Å². The number of allylic oxidation sites excluding steroid dienone is 9. The van der Waals surface area contributed by atoms with E-state index in [1.54, 1.807) is 13.0 Å². The van der Waals surface area contributed by atoms with Gasteiger partial charge in [0, 0.05) is 17.4 Å². The molecule has 5 aliphatic carbocycles. The number of hydrogen-bond donors (Lipinski definition) is 1. The first-order chi connectivity index (χ1) is 16.2. The number of rotatable bonds is 1. The SMILES string of the molecule is COC(=O)[C@@]1(C)C[C@@H]2C(C)(CC1=O)CC(C)=C1C3=CC=C4C(=CC(=O)C(O)=C4C)[C@]3(C)CC[C@]12C. The summed E-state index contributed by atoms with van der Waals surface area (Å²) in [5, 5.41) is 10.3. The molecule has 5 nitrogen and oxygen atoms in total. The van der Waals surface area contributed by atoms with Gasteiger partial charge >= 0.3 is 5.97 Å². The van der Waals surface area contributed by atoms with Crippen LogP contribution in [0.25, 0.3) is 0 Å². The van der Waals surface area contributed by atoms with E-state index in [-0.39, 0.29) is 39.5 Å². The summed E-state index contributed by atoms with van der Waals surface area (Å²) in [6.45, 7) is 12.5. The standard InChI is InChI=1S/C30H36O5/c1-16-13-27(3)15-23(32)30(6,26(34)35-7)14-22(27)29(5)11-10-28(4)19(24(16)29)9-8-18-17(2)25(33)21(31)12-20(18)28/h8-9,12,22,33H,10-11,13-15H2,1-7H3/t22-,27?,28-,29+,30+/m1/s1. The first kappa shape index (κ1) is 24.0. The number of ketones is 2. The minimum absolute atomic E-state index is 0.0130. The van der Waals surface area contributed by atoms with Crippen molar-refractivity contribution in [3.63, 3.8) is 0 Å². The van der Waals surface area contributed by atoms with E-state index in [2.05, 4.69) is 33.8 Å². The Balaban J connectivity index is 1.68. The van der Waals surface area contributed by atoms with Gasteiger partial charge in [-0.2, -0.15) is 0 Å². The van der Waals surface area contributed by atoms with Crippen LogP contribution in [0.1, 0.15) is 73.6 Å². The van der Waals surface area contributed by atoms with Gasteiger partial charge in [0.2, 0.25) is 5.78 Å². The van der Waals surface area contributed by atoms with Crippen molar-refractivity contribution >= 4 is 17.5 Å². The molecule has 1 N–H and O–H groups in total. The summed E-state index contributed by atoms with van der Waals surface area (Å²) in [5.74, 6) is -0.787. The van der Waals surface area contributed by atoms with Gasteiger partial charge in [-0.15, -0.1) is 0 Å². The van der Waals surface area contributed by atoms with E-state index in [1.807, 2.05) is 13.0 Å². The number of Topliss-reactive ketones (excluding diaryl/α,β-unsaturated/α-hetero) is 1. The van der Waals surface area contributed by atoms with Crippen molar-refractivity contribution in [2.45, 2.75) is 73.6 Å². The van der Waals surface area contributed by atoms with Crippen LogP contribution in [-0.2, 0) is 19.1 Å². The van der Waals surface area contributed by atoms with Crippen molar-refractivity contribution in [1.29, 1.82) is 0 Å². The molecule has 2 saturated carbocycles. The summed E-state index contributed by atoms with van der Waals surface area (Å²) in [4.78, 5) is 38.7. The quantitative estimate of drug-likeness (QED) is 0.377. The van der Waals surface area contributed by atoms with Crippen LogP contribution in [0.2, 0.25) is 0 Å². The molecule has 5 rings (SSSR count). The van der Waals surface area contributed by atoms with Gasteiger partial charge < -0.3 is 9.84 Å². The third-order valence-electron chi connectivity index (χ3n) is 10.3. The molecule has 35 heavy (non-hydrogen) atoms. The highest BCUT2D eigenvalue weighted by atomic mass is 16.5. The summed E-state index contributed by atoms with van der Waals surface area (Å²) >= 11 is 0. The number of esters is 1. The van der Waals surface area contributed by atoms with Crippen LogP contribution in [0.15, 0.2) is 57.4 Å². The smallest absolute Gasteiger partial charge is 0.319 e. The Bertz CT molecular complexity index is 1260.